The molecule has 1 atom stereocenters. The molecule has 0 aromatic heterocycles. The maximum atomic E-state index is 12.2. The van der Waals surface area contributed by atoms with Crippen LogP contribution in [-0.4, -0.2) is 34.8 Å². The van der Waals surface area contributed by atoms with Crippen LogP contribution in [0.4, 0.5) is 4.79 Å². The zero-order valence-electron chi connectivity index (χ0n) is 11.3. The van der Waals surface area contributed by atoms with Crippen LogP contribution in [0.3, 0.4) is 0 Å². The first kappa shape index (κ1) is 14.0. The largest absolute Gasteiger partial charge is 0.368 e. The van der Waals surface area contributed by atoms with Crippen LogP contribution < -0.4 is 11.1 Å². The van der Waals surface area contributed by atoms with Gasteiger partial charge >= 0.3 is 6.03 Å². The zero-order valence-corrected chi connectivity index (χ0v) is 11.3. The Kier molecular flexibility index (Phi) is 3.74. The van der Waals surface area contributed by atoms with Gasteiger partial charge in [-0.05, 0) is 25.3 Å². The lowest BCUT2D eigenvalue weighted by Gasteiger charge is -2.21. The third kappa shape index (κ3) is 2.79. The minimum absolute atomic E-state index is 0.383. The molecule has 1 heterocycles. The second kappa shape index (κ2) is 5.32. The number of hydrogen-bond donors (Lipinski definition) is 2. The second-order valence-electron chi connectivity index (χ2n) is 5.11. The molecule has 6 heteroatoms. The van der Waals surface area contributed by atoms with Crippen molar-refractivity contribution in [2.75, 3.05) is 6.54 Å². The summed E-state index contributed by atoms with van der Waals surface area (Å²) in [6, 6.07) is 9.13. The van der Waals surface area contributed by atoms with Gasteiger partial charge in [-0.3, -0.25) is 14.5 Å². The summed E-state index contributed by atoms with van der Waals surface area (Å²) < 4.78 is 0. The number of rotatable bonds is 5. The number of urea groups is 1. The van der Waals surface area contributed by atoms with Crippen LogP contribution in [0.25, 0.3) is 0 Å². The summed E-state index contributed by atoms with van der Waals surface area (Å²) in [4.78, 5) is 35.7. The second-order valence-corrected chi connectivity index (χ2v) is 5.11. The SMILES string of the molecule is C[C@]1(CCc2ccccc2)NC(=O)N(CC(N)=O)C1=O. The highest BCUT2D eigenvalue weighted by Gasteiger charge is 2.47. The summed E-state index contributed by atoms with van der Waals surface area (Å²) in [6.45, 7) is 1.28. The molecule has 0 unspecified atom stereocenters. The Morgan fingerprint density at radius 2 is 1.95 bits per heavy atom. The highest BCUT2D eigenvalue weighted by atomic mass is 16.2. The number of benzene rings is 1. The van der Waals surface area contributed by atoms with Gasteiger partial charge in [-0.15, -0.1) is 0 Å². The van der Waals surface area contributed by atoms with Crippen molar-refractivity contribution in [1.82, 2.24) is 10.2 Å². The van der Waals surface area contributed by atoms with Gasteiger partial charge in [-0.2, -0.15) is 0 Å². The number of imide groups is 1. The molecule has 1 aromatic rings. The third-order valence-corrected chi connectivity index (χ3v) is 3.42. The predicted molar refractivity (Wildman–Crippen MR) is 72.6 cm³/mol. The maximum absolute atomic E-state index is 12.2. The third-order valence-electron chi connectivity index (χ3n) is 3.42. The van der Waals surface area contributed by atoms with Gasteiger partial charge < -0.3 is 11.1 Å². The lowest BCUT2D eigenvalue weighted by atomic mass is 9.93. The van der Waals surface area contributed by atoms with E-state index in [1.165, 1.54) is 0 Å². The minimum Gasteiger partial charge on any atom is -0.368 e. The molecule has 1 fully saturated rings. The van der Waals surface area contributed by atoms with Gasteiger partial charge in [-0.1, -0.05) is 30.3 Å². The van der Waals surface area contributed by atoms with Crippen LogP contribution in [0.1, 0.15) is 18.9 Å². The Hall–Kier alpha value is -2.37. The van der Waals surface area contributed by atoms with Gasteiger partial charge in [0.1, 0.15) is 12.1 Å². The summed E-state index contributed by atoms with van der Waals surface area (Å²) in [6.07, 6.45) is 1.13. The highest BCUT2D eigenvalue weighted by Crippen LogP contribution is 2.23. The fraction of sp³-hybridized carbons (Fsp3) is 0.357. The molecule has 0 saturated carbocycles. The summed E-state index contributed by atoms with van der Waals surface area (Å²) in [5, 5.41) is 2.64. The average Bonchev–Trinajstić information content (AvgIpc) is 2.62. The van der Waals surface area contributed by atoms with Crippen molar-refractivity contribution < 1.29 is 14.4 Å². The highest BCUT2D eigenvalue weighted by molar-refractivity contribution is 6.08. The topological polar surface area (TPSA) is 92.5 Å². The van der Waals surface area contributed by atoms with Gasteiger partial charge in [0.2, 0.25) is 5.91 Å². The van der Waals surface area contributed by atoms with Gasteiger partial charge in [0, 0.05) is 0 Å². The number of nitrogens with two attached hydrogens (primary N) is 1. The van der Waals surface area contributed by atoms with Crippen LogP contribution in [0.15, 0.2) is 30.3 Å². The molecule has 1 saturated heterocycles. The van der Waals surface area contributed by atoms with E-state index in [4.69, 9.17) is 5.73 Å². The van der Waals surface area contributed by atoms with Crippen molar-refractivity contribution in [3.8, 4) is 0 Å². The van der Waals surface area contributed by atoms with Crippen molar-refractivity contribution in [2.24, 2.45) is 5.73 Å². The number of hydrogen-bond acceptors (Lipinski definition) is 3. The van der Waals surface area contributed by atoms with E-state index in [9.17, 15) is 14.4 Å². The molecule has 0 radical (unpaired) electrons. The van der Waals surface area contributed by atoms with Crippen molar-refractivity contribution in [1.29, 1.82) is 0 Å². The molecule has 20 heavy (non-hydrogen) atoms. The lowest BCUT2D eigenvalue weighted by Crippen LogP contribution is -2.45. The minimum atomic E-state index is -0.984. The summed E-state index contributed by atoms with van der Waals surface area (Å²) >= 11 is 0. The first-order valence-corrected chi connectivity index (χ1v) is 6.39. The van der Waals surface area contributed by atoms with Crippen LogP contribution in [0.5, 0.6) is 0 Å². The Labute approximate surface area is 116 Å². The molecule has 0 spiro atoms. The monoisotopic (exact) mass is 275 g/mol. The van der Waals surface area contributed by atoms with Crippen molar-refractivity contribution >= 4 is 17.8 Å². The Balaban J connectivity index is 2.05. The molecule has 6 nitrogen and oxygen atoms in total. The molecule has 0 aliphatic carbocycles. The van der Waals surface area contributed by atoms with Crippen LogP contribution in [0.2, 0.25) is 0 Å². The number of carbonyl (C=O) groups is 3. The molecule has 4 amide bonds. The molecule has 106 valence electrons. The molecular formula is C14H17N3O3. The van der Waals surface area contributed by atoms with Crippen molar-refractivity contribution in [2.45, 2.75) is 25.3 Å². The fourth-order valence-electron chi connectivity index (χ4n) is 2.25. The standard InChI is InChI=1S/C14H17N3O3/c1-14(8-7-10-5-3-2-4-6-10)12(19)17(9-11(15)18)13(20)16-14/h2-6H,7-9H2,1H3,(H2,15,18)(H,16,20)/t14-/m1/s1. The van der Waals surface area contributed by atoms with E-state index >= 15 is 0 Å². The Morgan fingerprint density at radius 3 is 2.55 bits per heavy atom. The van der Waals surface area contributed by atoms with Crippen LogP contribution in [-0.2, 0) is 16.0 Å². The molecule has 2 rings (SSSR count). The van der Waals surface area contributed by atoms with E-state index in [0.717, 1.165) is 10.5 Å². The van der Waals surface area contributed by atoms with E-state index in [1.54, 1.807) is 6.92 Å². The van der Waals surface area contributed by atoms with Crippen LogP contribution >= 0.6 is 0 Å². The Morgan fingerprint density at radius 1 is 1.30 bits per heavy atom. The van der Waals surface area contributed by atoms with E-state index in [2.05, 4.69) is 5.32 Å². The van der Waals surface area contributed by atoms with Gasteiger partial charge in [0.25, 0.3) is 5.91 Å². The zero-order chi connectivity index (χ0) is 14.8. The maximum Gasteiger partial charge on any atom is 0.325 e. The van der Waals surface area contributed by atoms with Crippen molar-refractivity contribution in [3.05, 3.63) is 35.9 Å². The lowest BCUT2D eigenvalue weighted by molar-refractivity contribution is -0.134. The van der Waals surface area contributed by atoms with E-state index in [-0.39, 0.29) is 6.54 Å². The average molecular weight is 275 g/mol. The first-order valence-electron chi connectivity index (χ1n) is 6.39. The molecule has 1 aromatic carbocycles. The van der Waals surface area contributed by atoms with E-state index in [0.29, 0.717) is 12.8 Å². The molecule has 0 bridgehead atoms. The van der Waals surface area contributed by atoms with E-state index < -0.39 is 23.4 Å². The number of nitrogens with one attached hydrogen (secondary N) is 1. The smallest absolute Gasteiger partial charge is 0.325 e. The molecule has 1 aliphatic heterocycles. The van der Waals surface area contributed by atoms with E-state index in [1.807, 2.05) is 30.3 Å². The molecule has 1 aliphatic rings. The number of aryl methyl sites for hydroxylation is 1. The Bertz CT molecular complexity index is 544. The first-order chi connectivity index (χ1) is 9.42. The number of carbonyl (C=O) groups excluding carboxylic acids is 3. The summed E-state index contributed by atoms with van der Waals surface area (Å²) in [5.74, 6) is -1.11. The van der Waals surface area contributed by atoms with Gasteiger partial charge in [-0.25, -0.2) is 4.79 Å². The summed E-state index contributed by atoms with van der Waals surface area (Å²) in [5.41, 5.74) is 5.14. The van der Waals surface area contributed by atoms with Crippen molar-refractivity contribution in [3.63, 3.8) is 0 Å². The number of amides is 4. The van der Waals surface area contributed by atoms with Crippen LogP contribution in [0, 0.1) is 0 Å². The fourth-order valence-corrected chi connectivity index (χ4v) is 2.25. The quantitative estimate of drug-likeness (QED) is 0.762. The predicted octanol–water partition coefficient (Wildman–Crippen LogP) is 0.415. The van der Waals surface area contributed by atoms with Gasteiger partial charge in [0.05, 0.1) is 0 Å². The molecule has 3 N–H and O–H groups in total. The number of nitrogens with zero attached hydrogens (tertiary/aromatic N) is 1. The van der Waals surface area contributed by atoms with Gasteiger partial charge in [0.15, 0.2) is 0 Å². The summed E-state index contributed by atoms with van der Waals surface area (Å²) in [7, 11) is 0. The number of primary amides is 1. The molecular weight excluding hydrogens is 258 g/mol. The normalized spacial score (nSPS) is 21.9.